The smallest absolute Gasteiger partial charge is 0.404 e. The highest BCUT2D eigenvalue weighted by atomic mass is 16.7. The summed E-state index contributed by atoms with van der Waals surface area (Å²) in [5.74, 6) is -1.96. The van der Waals surface area contributed by atoms with E-state index in [1.807, 2.05) is 36.4 Å². The number of rotatable bonds is 8. The minimum atomic E-state index is -1.54. The van der Waals surface area contributed by atoms with Crippen molar-refractivity contribution < 1.29 is 53.4 Å². The Labute approximate surface area is 285 Å². The summed E-state index contributed by atoms with van der Waals surface area (Å²) in [5, 5.41) is 45.3. The Morgan fingerprint density at radius 1 is 0.960 bits per heavy atom. The van der Waals surface area contributed by atoms with Gasteiger partial charge in [0.15, 0.2) is 29.5 Å². The van der Waals surface area contributed by atoms with E-state index in [1.165, 1.54) is 25.3 Å². The van der Waals surface area contributed by atoms with Gasteiger partial charge in [0.1, 0.15) is 23.2 Å². The predicted molar refractivity (Wildman–Crippen MR) is 180 cm³/mol. The van der Waals surface area contributed by atoms with Crippen LogP contribution in [-0.4, -0.2) is 69.6 Å². The van der Waals surface area contributed by atoms with Crippen LogP contribution in [0.2, 0.25) is 0 Å². The van der Waals surface area contributed by atoms with Crippen LogP contribution >= 0.6 is 0 Å². The fourth-order valence-electron chi connectivity index (χ4n) is 6.38. The summed E-state index contributed by atoms with van der Waals surface area (Å²) in [6.07, 6.45) is -6.76. The first-order valence-electron chi connectivity index (χ1n) is 15.6. The number of ether oxygens (including phenoxy) is 4. The summed E-state index contributed by atoms with van der Waals surface area (Å²) < 4.78 is 28.1. The van der Waals surface area contributed by atoms with Gasteiger partial charge in [0.25, 0.3) is 0 Å². The van der Waals surface area contributed by atoms with Crippen molar-refractivity contribution in [1.82, 2.24) is 0 Å². The predicted octanol–water partition coefficient (Wildman–Crippen LogP) is 4.82. The van der Waals surface area contributed by atoms with Crippen molar-refractivity contribution in [1.29, 1.82) is 0 Å². The molecule has 0 aliphatic carbocycles. The topological polar surface area (TPSA) is 208 Å². The van der Waals surface area contributed by atoms with Gasteiger partial charge in [0.05, 0.1) is 16.6 Å². The minimum Gasteiger partial charge on any atom is -0.507 e. The number of nitrogens with two attached hydrogens (primary N) is 1. The molecule has 1 aromatic heterocycles. The SMILES string of the molecule is CO[C@@H]1[C@@H](OC(N)=O)[C@@H](O)[C@H](Oc2ccc3c(O)c(CC(=O)c4cc(O)c(O)c(-c5ccc6ccccc6c5)c4)c(=O)oc3c2C)OC1(C)C. The number of hydrogen-bond donors (Lipinski definition) is 5. The molecule has 4 aromatic carbocycles. The number of amides is 1. The Hall–Kier alpha value is -5.63. The Morgan fingerprint density at radius 2 is 1.68 bits per heavy atom. The summed E-state index contributed by atoms with van der Waals surface area (Å²) in [6, 6.07) is 18.4. The molecule has 1 aliphatic rings. The first-order valence-corrected chi connectivity index (χ1v) is 15.6. The third-order valence-electron chi connectivity index (χ3n) is 8.92. The molecule has 260 valence electrons. The zero-order chi connectivity index (χ0) is 36.1. The van der Waals surface area contributed by atoms with E-state index in [2.05, 4.69) is 0 Å². The summed E-state index contributed by atoms with van der Waals surface area (Å²) in [6.45, 7) is 4.85. The molecule has 13 nitrogen and oxygen atoms in total. The van der Waals surface area contributed by atoms with Crippen LogP contribution in [0.25, 0.3) is 32.9 Å². The molecule has 1 amide bonds. The van der Waals surface area contributed by atoms with Crippen LogP contribution in [-0.2, 0) is 20.6 Å². The number of Topliss-reactive ketones (excluding diaryl/α,β-unsaturated/α-hetero) is 1. The van der Waals surface area contributed by atoms with Gasteiger partial charge in [-0.05, 0) is 67.4 Å². The number of aryl methyl sites for hydroxylation is 1. The van der Waals surface area contributed by atoms with Crippen LogP contribution in [0.4, 0.5) is 4.79 Å². The molecule has 1 saturated heterocycles. The second-order valence-corrected chi connectivity index (χ2v) is 12.6. The third-order valence-corrected chi connectivity index (χ3v) is 8.92. The van der Waals surface area contributed by atoms with Gasteiger partial charge >= 0.3 is 11.7 Å². The number of benzene rings is 4. The molecule has 1 aliphatic heterocycles. The number of fused-ring (bicyclic) bond motifs is 2. The van der Waals surface area contributed by atoms with E-state index >= 15 is 0 Å². The number of phenols is 2. The Morgan fingerprint density at radius 3 is 2.38 bits per heavy atom. The van der Waals surface area contributed by atoms with E-state index < -0.39 is 71.4 Å². The van der Waals surface area contributed by atoms with Crippen LogP contribution in [0.5, 0.6) is 23.0 Å². The zero-order valence-corrected chi connectivity index (χ0v) is 27.5. The molecule has 0 saturated carbocycles. The van der Waals surface area contributed by atoms with Crippen molar-refractivity contribution in [3.63, 3.8) is 0 Å². The van der Waals surface area contributed by atoms with E-state index in [0.29, 0.717) is 5.56 Å². The maximum Gasteiger partial charge on any atom is 0.404 e. The van der Waals surface area contributed by atoms with Crippen LogP contribution in [0, 0.1) is 6.92 Å². The van der Waals surface area contributed by atoms with Crippen molar-refractivity contribution in [2.75, 3.05) is 7.11 Å². The Bertz CT molecular complexity index is 2210. The number of methoxy groups -OCH3 is 1. The summed E-state index contributed by atoms with van der Waals surface area (Å²) >= 11 is 0. The van der Waals surface area contributed by atoms with Gasteiger partial charge in [-0.1, -0.05) is 36.4 Å². The van der Waals surface area contributed by atoms with Gasteiger partial charge in [0, 0.05) is 30.2 Å². The maximum absolute atomic E-state index is 13.5. The Kier molecular flexibility index (Phi) is 8.91. The fourth-order valence-corrected chi connectivity index (χ4v) is 6.38. The highest BCUT2D eigenvalue weighted by Crippen LogP contribution is 2.40. The standard InChI is InChI=1S/C37H35NO12/c1-17-27(47-35-30(43)32(49-36(38)45)33(46-4)37(2,3)50-35)12-11-22-28(41)24(34(44)48-31(17)22)16-25(39)21-14-23(29(42)26(40)15-21)20-10-9-18-7-5-6-8-19(18)13-20/h5-15,30,32-33,35,40-43H,16H2,1-4H3,(H2,38,45)/t30-,32+,33-,35-/m1/s1. The molecule has 50 heavy (non-hydrogen) atoms. The van der Waals surface area contributed by atoms with E-state index in [9.17, 15) is 34.8 Å². The number of hydrogen-bond acceptors (Lipinski definition) is 12. The van der Waals surface area contributed by atoms with Gasteiger partial charge in [0.2, 0.25) is 6.29 Å². The minimum absolute atomic E-state index is 0.00872. The quantitative estimate of drug-likeness (QED) is 0.0847. The molecule has 13 heteroatoms. The van der Waals surface area contributed by atoms with Gasteiger partial charge < -0.3 is 49.5 Å². The van der Waals surface area contributed by atoms with Crippen LogP contribution in [0.3, 0.4) is 0 Å². The van der Waals surface area contributed by atoms with Crippen LogP contribution in [0.15, 0.2) is 75.9 Å². The molecule has 0 spiro atoms. The number of primary amides is 1. The molecule has 1 fully saturated rings. The fraction of sp³-hybridized carbons (Fsp3) is 0.270. The molecule has 0 bridgehead atoms. The van der Waals surface area contributed by atoms with Crippen molar-refractivity contribution in [2.45, 2.75) is 57.4 Å². The van der Waals surface area contributed by atoms with Gasteiger partial charge in [-0.15, -0.1) is 0 Å². The maximum atomic E-state index is 13.5. The normalized spacial score (nSPS) is 20.1. The molecule has 6 rings (SSSR count). The lowest BCUT2D eigenvalue weighted by molar-refractivity contribution is -0.304. The summed E-state index contributed by atoms with van der Waals surface area (Å²) in [5.41, 5.74) is 3.76. The molecule has 6 N–H and O–H groups in total. The Balaban J connectivity index is 1.29. The molecular weight excluding hydrogens is 650 g/mol. The first-order chi connectivity index (χ1) is 23.7. The van der Waals surface area contributed by atoms with Crippen molar-refractivity contribution in [3.05, 3.63) is 93.8 Å². The number of aromatic hydroxyl groups is 3. The highest BCUT2D eigenvalue weighted by molar-refractivity contribution is 6.01. The zero-order valence-electron chi connectivity index (χ0n) is 27.5. The van der Waals surface area contributed by atoms with E-state index in [-0.39, 0.29) is 39.0 Å². The number of aliphatic hydroxyl groups excluding tert-OH is 1. The van der Waals surface area contributed by atoms with Gasteiger partial charge in [-0.2, -0.15) is 0 Å². The largest absolute Gasteiger partial charge is 0.507 e. The van der Waals surface area contributed by atoms with E-state index in [4.69, 9.17) is 29.1 Å². The molecule has 5 aromatic rings. The van der Waals surface area contributed by atoms with E-state index in [0.717, 1.165) is 16.8 Å². The lowest BCUT2D eigenvalue weighted by Gasteiger charge is -2.47. The molecular formula is C37H35NO12. The van der Waals surface area contributed by atoms with Crippen molar-refractivity contribution >= 4 is 33.6 Å². The number of ketones is 1. The second kappa shape index (κ2) is 13.0. The molecule has 4 atom stereocenters. The van der Waals surface area contributed by atoms with E-state index in [1.54, 1.807) is 26.8 Å². The average molecular weight is 686 g/mol. The molecule has 0 unspecified atom stereocenters. The average Bonchev–Trinajstić information content (AvgIpc) is 3.07. The van der Waals surface area contributed by atoms with Gasteiger partial charge in [-0.25, -0.2) is 9.59 Å². The molecule has 2 heterocycles. The number of phenolic OH excluding ortho intramolecular Hbond substituents is 2. The van der Waals surface area contributed by atoms with Gasteiger partial charge in [-0.3, -0.25) is 4.79 Å². The lowest BCUT2D eigenvalue weighted by Crippen LogP contribution is -2.65. The molecule has 0 radical (unpaired) electrons. The summed E-state index contributed by atoms with van der Waals surface area (Å²) in [7, 11) is 1.36. The summed E-state index contributed by atoms with van der Waals surface area (Å²) in [4.78, 5) is 38.3. The first kappa shape index (κ1) is 34.2. The highest BCUT2D eigenvalue weighted by Gasteiger charge is 2.53. The lowest BCUT2D eigenvalue weighted by atomic mass is 9.89. The van der Waals surface area contributed by atoms with Crippen LogP contribution < -0.4 is 16.1 Å². The number of carbonyl (C=O) groups excluding carboxylic acids is 2. The second-order valence-electron chi connectivity index (χ2n) is 12.6. The van der Waals surface area contributed by atoms with Crippen molar-refractivity contribution in [2.24, 2.45) is 5.73 Å². The van der Waals surface area contributed by atoms with Crippen molar-refractivity contribution in [3.8, 4) is 34.1 Å². The monoisotopic (exact) mass is 685 g/mol. The number of aliphatic hydroxyl groups is 1. The number of carbonyl (C=O) groups is 2. The van der Waals surface area contributed by atoms with Crippen LogP contribution in [0.1, 0.15) is 35.3 Å². The third kappa shape index (κ3) is 6.17.